The molecule has 3 amide bonds. The summed E-state index contributed by atoms with van der Waals surface area (Å²) in [6.45, 7) is 15.1. The van der Waals surface area contributed by atoms with Crippen molar-refractivity contribution in [2.75, 3.05) is 6.54 Å². The first kappa shape index (κ1) is 29.9. The Hall–Kier alpha value is -3.05. The van der Waals surface area contributed by atoms with Crippen molar-refractivity contribution in [1.29, 1.82) is 0 Å². The van der Waals surface area contributed by atoms with E-state index in [0.29, 0.717) is 0 Å². The van der Waals surface area contributed by atoms with Crippen molar-refractivity contribution < 1.29 is 38.5 Å². The van der Waals surface area contributed by atoms with Crippen molar-refractivity contribution in [3.63, 3.8) is 0 Å². The highest BCUT2D eigenvalue weighted by atomic mass is 16.6. The van der Waals surface area contributed by atoms with Crippen LogP contribution in [0.25, 0.3) is 0 Å². The number of hydrogen-bond donors (Lipinski definition) is 4. The number of carboxylic acids is 1. The Labute approximate surface area is 194 Å². The van der Waals surface area contributed by atoms with Gasteiger partial charge >= 0.3 is 24.2 Å². The van der Waals surface area contributed by atoms with Gasteiger partial charge in [0.15, 0.2) is 0 Å². The summed E-state index contributed by atoms with van der Waals surface area (Å²) >= 11 is 0. The molecule has 0 bridgehead atoms. The molecule has 12 nitrogen and oxygen atoms in total. The fraction of sp³-hybridized carbons (Fsp3) is 0.762. The predicted octanol–water partition coefficient (Wildman–Crippen LogP) is 3.15. The second-order valence-electron chi connectivity index (χ2n) is 10.2. The van der Waals surface area contributed by atoms with Crippen LogP contribution in [0.15, 0.2) is 4.99 Å². The molecule has 0 radical (unpaired) electrons. The van der Waals surface area contributed by atoms with E-state index in [1.807, 2.05) is 0 Å². The minimum absolute atomic E-state index is 0.0285. The lowest BCUT2D eigenvalue weighted by atomic mass is 10.2. The number of aliphatic imine (C=N–C) groups is 1. The lowest BCUT2D eigenvalue weighted by molar-refractivity contribution is -0.139. The average molecular weight is 476 g/mol. The van der Waals surface area contributed by atoms with Crippen LogP contribution in [0.4, 0.5) is 14.4 Å². The van der Waals surface area contributed by atoms with E-state index in [1.54, 1.807) is 62.3 Å². The number of nitrogens with zero attached hydrogens (tertiary/aromatic N) is 1. The zero-order valence-corrected chi connectivity index (χ0v) is 21.0. The summed E-state index contributed by atoms with van der Waals surface area (Å²) in [5, 5.41) is 16.3. The van der Waals surface area contributed by atoms with Gasteiger partial charge in [-0.1, -0.05) is 0 Å². The molecule has 33 heavy (non-hydrogen) atoms. The largest absolute Gasteiger partial charge is 0.480 e. The summed E-state index contributed by atoms with van der Waals surface area (Å²) in [4.78, 5) is 51.5. The quantitative estimate of drug-likeness (QED) is 0.149. The highest BCUT2D eigenvalue weighted by Gasteiger charge is 2.24. The van der Waals surface area contributed by atoms with Crippen LogP contribution in [0, 0.1) is 0 Å². The molecule has 0 aromatic heterocycles. The number of rotatable bonds is 6. The highest BCUT2D eigenvalue weighted by molar-refractivity contribution is 6.01. The minimum Gasteiger partial charge on any atom is -0.480 e. The van der Waals surface area contributed by atoms with Crippen molar-refractivity contribution >= 4 is 30.2 Å². The molecule has 12 heteroatoms. The number of nitrogens with one attached hydrogen (secondary N) is 3. The normalized spacial score (nSPS) is 12.6. The number of aliphatic carboxylic acids is 1. The average Bonchev–Trinajstić information content (AvgIpc) is 2.51. The summed E-state index contributed by atoms with van der Waals surface area (Å²) < 4.78 is 15.4. The van der Waals surface area contributed by atoms with Gasteiger partial charge in [-0.15, -0.1) is 0 Å². The molecular formula is C21H38N4O8. The van der Waals surface area contributed by atoms with E-state index >= 15 is 0 Å². The zero-order valence-electron chi connectivity index (χ0n) is 21.0. The molecule has 0 aliphatic heterocycles. The standard InChI is InChI=1S/C21H38N4O8/c1-19(2,3)31-16(28)23-13(14(26)27)11-10-12-22-15(24-17(29)32-20(4,5)6)25-18(30)33-21(7,8)9/h13H,10-12H2,1-9H3,(H,23,28)(H,26,27)(H2,22,24,25,29,30)/t13-/m0/s1/i12+1. The lowest BCUT2D eigenvalue weighted by Crippen LogP contribution is -2.47. The third kappa shape index (κ3) is 17.2. The maximum atomic E-state index is 12.1. The van der Waals surface area contributed by atoms with Crippen molar-refractivity contribution in [2.24, 2.45) is 4.99 Å². The van der Waals surface area contributed by atoms with Gasteiger partial charge in [-0.2, -0.15) is 0 Å². The van der Waals surface area contributed by atoms with E-state index in [0.717, 1.165) is 0 Å². The topological polar surface area (TPSA) is 165 Å². The molecule has 0 spiro atoms. The second kappa shape index (κ2) is 12.3. The zero-order chi connectivity index (χ0) is 26.0. The van der Waals surface area contributed by atoms with Crippen LogP contribution in [0.3, 0.4) is 0 Å². The number of carbonyl (C=O) groups excluding carboxylic acids is 3. The number of hydrogen-bond acceptors (Lipinski definition) is 8. The molecule has 0 aromatic carbocycles. The lowest BCUT2D eigenvalue weighted by Gasteiger charge is -2.22. The number of ether oxygens (including phenoxy) is 3. The molecule has 190 valence electrons. The van der Waals surface area contributed by atoms with Crippen LogP contribution < -0.4 is 16.0 Å². The van der Waals surface area contributed by atoms with Gasteiger partial charge in [0, 0.05) is 6.54 Å². The Morgan fingerprint density at radius 2 is 1.15 bits per heavy atom. The van der Waals surface area contributed by atoms with Gasteiger partial charge in [0.25, 0.3) is 0 Å². The highest BCUT2D eigenvalue weighted by Crippen LogP contribution is 2.09. The van der Waals surface area contributed by atoms with Crippen molar-refractivity contribution in [3.8, 4) is 0 Å². The van der Waals surface area contributed by atoms with Crippen molar-refractivity contribution in [2.45, 2.75) is 98.0 Å². The van der Waals surface area contributed by atoms with Gasteiger partial charge in [-0.05, 0) is 75.2 Å². The van der Waals surface area contributed by atoms with Gasteiger partial charge in [-0.25, -0.2) is 19.2 Å². The first-order valence-corrected chi connectivity index (χ1v) is 10.5. The third-order valence-corrected chi connectivity index (χ3v) is 3.15. The fourth-order valence-corrected chi connectivity index (χ4v) is 2.10. The van der Waals surface area contributed by atoms with Crippen molar-refractivity contribution in [1.82, 2.24) is 16.0 Å². The molecule has 0 rings (SSSR count). The van der Waals surface area contributed by atoms with Gasteiger partial charge in [0.05, 0.1) is 0 Å². The smallest absolute Gasteiger partial charge is 0.414 e. The Morgan fingerprint density at radius 1 is 0.758 bits per heavy atom. The Morgan fingerprint density at radius 3 is 1.52 bits per heavy atom. The maximum absolute atomic E-state index is 12.1. The summed E-state index contributed by atoms with van der Waals surface area (Å²) in [5.74, 6) is -1.45. The van der Waals surface area contributed by atoms with E-state index in [9.17, 15) is 24.3 Å². The number of guanidine groups is 1. The second-order valence-corrected chi connectivity index (χ2v) is 10.2. The first-order valence-electron chi connectivity index (χ1n) is 10.5. The number of amides is 3. The number of carboxylic acid groups (broad SMARTS) is 1. The Bertz CT molecular complexity index is 698. The predicted molar refractivity (Wildman–Crippen MR) is 121 cm³/mol. The fourth-order valence-electron chi connectivity index (χ4n) is 2.10. The van der Waals surface area contributed by atoms with Crippen LogP contribution in [-0.2, 0) is 19.0 Å². The Balaban J connectivity index is 5.10. The maximum Gasteiger partial charge on any atom is 0.414 e. The number of alkyl carbamates (subject to hydrolysis) is 3. The molecule has 0 saturated carbocycles. The monoisotopic (exact) mass is 475 g/mol. The van der Waals surface area contributed by atoms with Gasteiger partial charge in [0.1, 0.15) is 22.8 Å². The van der Waals surface area contributed by atoms with Gasteiger partial charge < -0.3 is 24.6 Å². The van der Waals surface area contributed by atoms with Crippen LogP contribution in [0.5, 0.6) is 0 Å². The molecule has 0 heterocycles. The summed E-state index contributed by atoms with van der Waals surface area (Å²) in [6, 6.07) is -1.20. The summed E-state index contributed by atoms with van der Waals surface area (Å²) in [6.07, 6.45) is -2.29. The summed E-state index contributed by atoms with van der Waals surface area (Å²) in [5.41, 5.74) is -2.32. The van der Waals surface area contributed by atoms with Crippen LogP contribution in [0.2, 0.25) is 0 Å². The SMILES string of the molecule is CC(C)(C)OC(=O)NC(=N[13CH2]CC[C@H](NC(=O)OC(C)(C)C)C(=O)O)NC(=O)OC(C)(C)C. The van der Waals surface area contributed by atoms with E-state index in [1.165, 1.54) is 0 Å². The molecule has 0 fully saturated rings. The van der Waals surface area contributed by atoms with E-state index in [2.05, 4.69) is 20.9 Å². The molecule has 0 aromatic rings. The van der Waals surface area contributed by atoms with E-state index in [-0.39, 0.29) is 25.3 Å². The van der Waals surface area contributed by atoms with Crippen LogP contribution in [-0.4, -0.2) is 64.7 Å². The molecule has 1 atom stereocenters. The van der Waals surface area contributed by atoms with E-state index < -0.39 is 47.1 Å². The minimum atomic E-state index is -1.23. The first-order chi connectivity index (χ1) is 14.8. The Kier molecular flexibility index (Phi) is 11.1. The number of carbonyl (C=O) groups is 4. The third-order valence-electron chi connectivity index (χ3n) is 3.15. The molecular weight excluding hydrogens is 437 g/mol. The van der Waals surface area contributed by atoms with E-state index in [4.69, 9.17) is 14.2 Å². The molecule has 0 aliphatic rings. The molecule has 0 unspecified atom stereocenters. The molecule has 0 saturated heterocycles. The van der Waals surface area contributed by atoms with Crippen LogP contribution in [0.1, 0.15) is 75.2 Å². The molecule has 4 N–H and O–H groups in total. The van der Waals surface area contributed by atoms with Crippen molar-refractivity contribution in [3.05, 3.63) is 0 Å². The van der Waals surface area contributed by atoms with Crippen LogP contribution >= 0.6 is 0 Å². The molecule has 0 aliphatic carbocycles. The summed E-state index contributed by atoms with van der Waals surface area (Å²) in [7, 11) is 0. The van der Waals surface area contributed by atoms with Gasteiger partial charge in [0.2, 0.25) is 5.96 Å². The van der Waals surface area contributed by atoms with Gasteiger partial charge in [-0.3, -0.25) is 15.6 Å².